The van der Waals surface area contributed by atoms with E-state index in [1.54, 1.807) is 47.0 Å². The zero-order valence-corrected chi connectivity index (χ0v) is 15.8. The van der Waals surface area contributed by atoms with Crippen molar-refractivity contribution in [2.45, 2.75) is 30.1 Å². The molecule has 0 aliphatic carbocycles. The lowest BCUT2D eigenvalue weighted by molar-refractivity contribution is -0.116. The van der Waals surface area contributed by atoms with Gasteiger partial charge in [0, 0.05) is 18.4 Å². The second-order valence-corrected chi connectivity index (χ2v) is 8.74. The van der Waals surface area contributed by atoms with E-state index in [-0.39, 0.29) is 10.8 Å². The first-order chi connectivity index (χ1) is 11.9. The van der Waals surface area contributed by atoms with Gasteiger partial charge in [-0.25, -0.2) is 8.42 Å². The Balaban J connectivity index is 2.00. The molecule has 0 atom stereocenters. The number of hydrogen-bond acceptors (Lipinski definition) is 4. The van der Waals surface area contributed by atoms with E-state index in [4.69, 9.17) is 0 Å². The standard InChI is InChI=1S/C18H20N2O3S2/c1-13-6-3-4-7-16(13)19-25(22,23)15-8-9-18-17(12-15)20(14(2)21)10-5-11-24-18/h3-4,6-9,12,19H,5,10-11H2,1-2H3. The number of nitrogens with zero attached hydrogens (tertiary/aromatic N) is 1. The van der Waals surface area contributed by atoms with Crippen molar-refractivity contribution in [1.82, 2.24) is 0 Å². The van der Waals surface area contributed by atoms with Gasteiger partial charge in [-0.3, -0.25) is 9.52 Å². The summed E-state index contributed by atoms with van der Waals surface area (Å²) >= 11 is 1.65. The Hall–Kier alpha value is -1.99. The van der Waals surface area contributed by atoms with Crippen LogP contribution >= 0.6 is 11.8 Å². The van der Waals surface area contributed by atoms with Crippen molar-refractivity contribution >= 4 is 39.1 Å². The summed E-state index contributed by atoms with van der Waals surface area (Å²) in [5.74, 6) is 0.829. The topological polar surface area (TPSA) is 66.5 Å². The predicted molar refractivity (Wildman–Crippen MR) is 102 cm³/mol. The second kappa shape index (κ2) is 7.09. The first-order valence-electron chi connectivity index (χ1n) is 8.02. The number of benzene rings is 2. The third-order valence-electron chi connectivity index (χ3n) is 4.08. The summed E-state index contributed by atoms with van der Waals surface area (Å²) < 4.78 is 28.2. The van der Waals surface area contributed by atoms with E-state index >= 15 is 0 Å². The highest BCUT2D eigenvalue weighted by Gasteiger charge is 2.23. The zero-order valence-electron chi connectivity index (χ0n) is 14.2. The molecule has 0 aromatic heterocycles. The molecule has 25 heavy (non-hydrogen) atoms. The summed E-state index contributed by atoms with van der Waals surface area (Å²) in [5, 5.41) is 0. The third kappa shape index (κ3) is 3.82. The summed E-state index contributed by atoms with van der Waals surface area (Å²) in [7, 11) is -3.73. The van der Waals surface area contributed by atoms with Gasteiger partial charge < -0.3 is 4.90 Å². The summed E-state index contributed by atoms with van der Waals surface area (Å²) in [6.45, 7) is 3.96. The molecule has 0 saturated heterocycles. The number of thioether (sulfide) groups is 1. The fourth-order valence-corrected chi connectivity index (χ4v) is 4.87. The van der Waals surface area contributed by atoms with Crippen LogP contribution in [0.4, 0.5) is 11.4 Å². The van der Waals surface area contributed by atoms with Crippen molar-refractivity contribution in [3.8, 4) is 0 Å². The second-order valence-electron chi connectivity index (χ2n) is 5.92. The largest absolute Gasteiger partial charge is 0.311 e. The Morgan fingerprint density at radius 3 is 2.68 bits per heavy atom. The maximum absolute atomic E-state index is 12.8. The molecule has 132 valence electrons. The van der Waals surface area contributed by atoms with Gasteiger partial charge in [0.15, 0.2) is 0 Å². The third-order valence-corrected chi connectivity index (χ3v) is 6.60. The average molecular weight is 377 g/mol. The lowest BCUT2D eigenvalue weighted by Crippen LogP contribution is -2.29. The molecule has 1 N–H and O–H groups in total. The summed E-state index contributed by atoms with van der Waals surface area (Å²) in [4.78, 5) is 14.7. The Morgan fingerprint density at radius 2 is 1.96 bits per heavy atom. The van der Waals surface area contributed by atoms with Crippen LogP contribution in [0.25, 0.3) is 0 Å². The van der Waals surface area contributed by atoms with Gasteiger partial charge >= 0.3 is 0 Å². The molecule has 0 spiro atoms. The van der Waals surface area contributed by atoms with Crippen LogP contribution in [0.5, 0.6) is 0 Å². The minimum absolute atomic E-state index is 0.0786. The number of amides is 1. The summed E-state index contributed by atoms with van der Waals surface area (Å²) in [6.07, 6.45) is 0.877. The number of para-hydroxylation sites is 1. The number of aryl methyl sites for hydroxylation is 1. The normalized spacial score (nSPS) is 14.6. The van der Waals surface area contributed by atoms with Crippen LogP contribution in [-0.2, 0) is 14.8 Å². The Bertz CT molecular complexity index is 910. The van der Waals surface area contributed by atoms with E-state index < -0.39 is 10.0 Å². The molecule has 2 aromatic carbocycles. The van der Waals surface area contributed by atoms with Gasteiger partial charge in [0.25, 0.3) is 10.0 Å². The number of carbonyl (C=O) groups is 1. The van der Waals surface area contributed by atoms with Crippen LogP contribution in [0.15, 0.2) is 52.3 Å². The van der Waals surface area contributed by atoms with Crippen LogP contribution in [0.2, 0.25) is 0 Å². The minimum atomic E-state index is -3.73. The van der Waals surface area contributed by atoms with Crippen LogP contribution < -0.4 is 9.62 Å². The van der Waals surface area contributed by atoms with Gasteiger partial charge in [0.05, 0.1) is 16.3 Å². The molecular formula is C18H20N2O3S2. The van der Waals surface area contributed by atoms with Crippen LogP contribution in [-0.4, -0.2) is 26.6 Å². The lowest BCUT2D eigenvalue weighted by atomic mass is 10.2. The average Bonchev–Trinajstić information content (AvgIpc) is 2.78. The number of rotatable bonds is 3. The Morgan fingerprint density at radius 1 is 1.20 bits per heavy atom. The van der Waals surface area contributed by atoms with Crippen LogP contribution in [0.1, 0.15) is 18.9 Å². The SMILES string of the molecule is CC(=O)N1CCCSc2ccc(S(=O)(=O)Nc3ccccc3C)cc21. The van der Waals surface area contributed by atoms with Crippen molar-refractivity contribution < 1.29 is 13.2 Å². The zero-order chi connectivity index (χ0) is 18.0. The molecule has 0 fully saturated rings. The predicted octanol–water partition coefficient (Wildman–Crippen LogP) is 3.64. The first kappa shape index (κ1) is 17.8. The molecule has 5 nitrogen and oxygen atoms in total. The molecule has 3 rings (SSSR count). The van der Waals surface area contributed by atoms with Gasteiger partial charge in [-0.1, -0.05) is 18.2 Å². The van der Waals surface area contributed by atoms with E-state index in [0.717, 1.165) is 22.6 Å². The minimum Gasteiger partial charge on any atom is -0.311 e. The molecular weight excluding hydrogens is 356 g/mol. The maximum atomic E-state index is 12.8. The monoisotopic (exact) mass is 376 g/mol. The molecule has 7 heteroatoms. The molecule has 0 bridgehead atoms. The molecule has 0 unspecified atom stereocenters. The summed E-state index contributed by atoms with van der Waals surface area (Å²) in [5.41, 5.74) is 2.07. The summed E-state index contributed by atoms with van der Waals surface area (Å²) in [6, 6.07) is 12.2. The fourth-order valence-electron chi connectivity index (χ4n) is 2.74. The lowest BCUT2D eigenvalue weighted by Gasteiger charge is -2.21. The molecule has 0 radical (unpaired) electrons. The molecule has 0 saturated carbocycles. The van der Waals surface area contributed by atoms with Crippen molar-refractivity contribution in [1.29, 1.82) is 0 Å². The first-order valence-corrected chi connectivity index (χ1v) is 10.5. The van der Waals surface area contributed by atoms with Gasteiger partial charge in [-0.2, -0.15) is 0 Å². The molecule has 1 aliphatic heterocycles. The van der Waals surface area contributed by atoms with E-state index in [1.165, 1.54) is 6.92 Å². The van der Waals surface area contributed by atoms with Crippen LogP contribution in [0.3, 0.4) is 0 Å². The molecule has 2 aromatic rings. The smallest absolute Gasteiger partial charge is 0.261 e. The highest BCUT2D eigenvalue weighted by molar-refractivity contribution is 7.99. The van der Waals surface area contributed by atoms with E-state index in [0.29, 0.717) is 17.9 Å². The van der Waals surface area contributed by atoms with Gasteiger partial charge in [0.1, 0.15) is 0 Å². The van der Waals surface area contributed by atoms with Gasteiger partial charge in [0.2, 0.25) is 5.91 Å². The number of fused-ring (bicyclic) bond motifs is 1. The van der Waals surface area contributed by atoms with Gasteiger partial charge in [-0.15, -0.1) is 11.8 Å². The van der Waals surface area contributed by atoms with Crippen molar-refractivity contribution in [3.05, 3.63) is 48.0 Å². The van der Waals surface area contributed by atoms with E-state index in [2.05, 4.69) is 4.72 Å². The van der Waals surface area contributed by atoms with E-state index in [9.17, 15) is 13.2 Å². The molecule has 1 aliphatic rings. The number of carbonyl (C=O) groups excluding carboxylic acids is 1. The quantitative estimate of drug-likeness (QED) is 0.888. The number of hydrogen-bond donors (Lipinski definition) is 1. The Kier molecular flexibility index (Phi) is 5.06. The van der Waals surface area contributed by atoms with Gasteiger partial charge in [-0.05, 0) is 48.9 Å². The highest BCUT2D eigenvalue weighted by Crippen LogP contribution is 2.36. The fraction of sp³-hybridized carbons (Fsp3) is 0.278. The van der Waals surface area contributed by atoms with E-state index in [1.807, 2.05) is 19.1 Å². The van der Waals surface area contributed by atoms with Crippen LogP contribution in [0, 0.1) is 6.92 Å². The molecule has 1 heterocycles. The Labute approximate surface area is 152 Å². The van der Waals surface area contributed by atoms with Crippen molar-refractivity contribution in [2.24, 2.45) is 0 Å². The number of sulfonamides is 1. The number of nitrogens with one attached hydrogen (secondary N) is 1. The molecule has 1 amide bonds. The maximum Gasteiger partial charge on any atom is 0.261 e. The van der Waals surface area contributed by atoms with Crippen molar-refractivity contribution in [2.75, 3.05) is 21.9 Å². The number of anilines is 2. The van der Waals surface area contributed by atoms with Crippen molar-refractivity contribution in [3.63, 3.8) is 0 Å². The highest BCUT2D eigenvalue weighted by atomic mass is 32.2.